The lowest BCUT2D eigenvalue weighted by Gasteiger charge is -2.06. The fraction of sp³-hybridized carbons (Fsp3) is 0.333. The molecule has 1 N–H and O–H groups in total. The predicted molar refractivity (Wildman–Crippen MR) is 70.1 cm³/mol. The minimum atomic E-state index is -4.13. The van der Waals surface area contributed by atoms with Gasteiger partial charge in [-0.3, -0.25) is 4.98 Å². The van der Waals surface area contributed by atoms with Crippen molar-refractivity contribution in [2.75, 3.05) is 11.9 Å². The smallest absolute Gasteiger partial charge is 0.381 e. The molecule has 0 aromatic carbocycles. The van der Waals surface area contributed by atoms with E-state index in [2.05, 4.69) is 15.4 Å². The molecule has 0 amide bonds. The summed E-state index contributed by atoms with van der Waals surface area (Å²) in [5.41, 5.74) is 1.22. The van der Waals surface area contributed by atoms with Gasteiger partial charge in [0.15, 0.2) is 5.15 Å². The van der Waals surface area contributed by atoms with Crippen molar-refractivity contribution in [2.45, 2.75) is 19.0 Å². The van der Waals surface area contributed by atoms with Gasteiger partial charge in [-0.05, 0) is 18.6 Å². The molecule has 0 fully saturated rings. The quantitative estimate of drug-likeness (QED) is 0.857. The first-order valence-corrected chi connectivity index (χ1v) is 6.30. The molecule has 0 atom stereocenters. The third kappa shape index (κ3) is 4.12. The minimum absolute atomic E-state index is 0.0160. The molecule has 20 heavy (non-hydrogen) atoms. The maximum Gasteiger partial charge on any atom is 0.389 e. The first-order chi connectivity index (χ1) is 9.46. The maximum absolute atomic E-state index is 12.0. The second kappa shape index (κ2) is 6.13. The Hall–Kier alpha value is -1.76. The molecular weight excluding hydrogens is 293 g/mol. The van der Waals surface area contributed by atoms with E-state index in [-0.39, 0.29) is 18.1 Å². The molecule has 0 aliphatic carbocycles. The topological polar surface area (TPSA) is 42.7 Å². The van der Waals surface area contributed by atoms with Crippen LogP contribution in [0.4, 0.5) is 18.9 Å². The Morgan fingerprint density at radius 1 is 1.35 bits per heavy atom. The molecule has 2 rings (SSSR count). The Morgan fingerprint density at radius 2 is 2.15 bits per heavy atom. The van der Waals surface area contributed by atoms with E-state index in [4.69, 9.17) is 11.6 Å². The first-order valence-electron chi connectivity index (χ1n) is 5.92. The number of hydrogen-bond acceptors (Lipinski definition) is 3. The lowest BCUT2D eigenvalue weighted by molar-refractivity contribution is -0.134. The summed E-state index contributed by atoms with van der Waals surface area (Å²) >= 11 is 5.93. The van der Waals surface area contributed by atoms with Crippen molar-refractivity contribution >= 4 is 17.3 Å². The Kier molecular flexibility index (Phi) is 4.49. The maximum atomic E-state index is 12.0. The summed E-state index contributed by atoms with van der Waals surface area (Å²) in [4.78, 5) is 3.95. The molecule has 0 aliphatic heterocycles. The summed E-state index contributed by atoms with van der Waals surface area (Å²) < 4.78 is 37.5. The molecule has 2 heterocycles. The number of aromatic nitrogens is 3. The highest BCUT2D eigenvalue weighted by atomic mass is 35.5. The van der Waals surface area contributed by atoms with Crippen LogP contribution in [0.5, 0.6) is 0 Å². The van der Waals surface area contributed by atoms with Crippen LogP contribution in [-0.2, 0) is 0 Å². The molecular formula is C12H12ClF3N4. The lowest BCUT2D eigenvalue weighted by Crippen LogP contribution is -2.10. The summed E-state index contributed by atoms with van der Waals surface area (Å²) in [7, 11) is 0. The van der Waals surface area contributed by atoms with E-state index in [0.717, 1.165) is 5.69 Å². The number of alkyl halides is 3. The number of hydrogen-bond donors (Lipinski definition) is 1. The number of rotatable bonds is 5. The third-order valence-corrected chi connectivity index (χ3v) is 2.81. The summed E-state index contributed by atoms with van der Waals surface area (Å²) in [6.45, 7) is 0.179. The van der Waals surface area contributed by atoms with E-state index >= 15 is 0 Å². The summed E-state index contributed by atoms with van der Waals surface area (Å²) in [6.07, 6.45) is -0.119. The zero-order valence-corrected chi connectivity index (χ0v) is 11.1. The SMILES string of the molecule is FC(F)(F)CCCNc1cn(-c2cccnc2)nc1Cl. The third-order valence-electron chi connectivity index (χ3n) is 2.53. The first kappa shape index (κ1) is 14.6. The van der Waals surface area contributed by atoms with E-state index in [0.29, 0.717) is 5.69 Å². The highest BCUT2D eigenvalue weighted by Gasteiger charge is 2.25. The van der Waals surface area contributed by atoms with Crippen molar-refractivity contribution in [3.63, 3.8) is 0 Å². The standard InChI is InChI=1S/C12H12ClF3N4/c13-11-10(18-6-2-4-12(14,15)16)8-20(19-11)9-3-1-5-17-7-9/h1,3,5,7-8,18H,2,4,6H2. The largest absolute Gasteiger partial charge is 0.389 e. The summed E-state index contributed by atoms with van der Waals surface area (Å²) in [6, 6.07) is 3.55. The lowest BCUT2D eigenvalue weighted by atomic mass is 10.3. The monoisotopic (exact) mass is 304 g/mol. The molecule has 0 radical (unpaired) electrons. The van der Waals surface area contributed by atoms with Crippen LogP contribution in [0.25, 0.3) is 5.69 Å². The van der Waals surface area contributed by atoms with Gasteiger partial charge in [0.2, 0.25) is 0 Å². The van der Waals surface area contributed by atoms with Crippen molar-refractivity contribution in [3.8, 4) is 5.69 Å². The van der Waals surface area contributed by atoms with E-state index in [1.54, 1.807) is 30.7 Å². The van der Waals surface area contributed by atoms with E-state index in [9.17, 15) is 13.2 Å². The molecule has 0 aliphatic rings. The number of halogens is 4. The molecule has 2 aromatic heterocycles. The van der Waals surface area contributed by atoms with Crippen molar-refractivity contribution in [1.29, 1.82) is 0 Å². The fourth-order valence-electron chi connectivity index (χ4n) is 1.60. The number of pyridine rings is 1. The highest BCUT2D eigenvalue weighted by Crippen LogP contribution is 2.23. The zero-order chi connectivity index (χ0) is 14.6. The molecule has 0 saturated carbocycles. The van der Waals surface area contributed by atoms with Gasteiger partial charge >= 0.3 is 6.18 Å². The Morgan fingerprint density at radius 3 is 2.80 bits per heavy atom. The molecule has 0 bridgehead atoms. The van der Waals surface area contributed by atoms with E-state index < -0.39 is 12.6 Å². The van der Waals surface area contributed by atoms with Crippen LogP contribution in [0, 0.1) is 0 Å². The molecule has 108 valence electrons. The molecule has 0 saturated heterocycles. The van der Waals surface area contributed by atoms with Gasteiger partial charge in [-0.25, -0.2) is 4.68 Å². The van der Waals surface area contributed by atoms with Gasteiger partial charge in [0.05, 0.1) is 23.8 Å². The van der Waals surface area contributed by atoms with Crippen molar-refractivity contribution in [2.24, 2.45) is 0 Å². The van der Waals surface area contributed by atoms with Gasteiger partial charge in [-0.15, -0.1) is 0 Å². The van der Waals surface area contributed by atoms with Crippen LogP contribution < -0.4 is 5.32 Å². The van der Waals surface area contributed by atoms with Gasteiger partial charge in [0.1, 0.15) is 0 Å². The van der Waals surface area contributed by atoms with Crippen LogP contribution in [0.2, 0.25) is 5.15 Å². The van der Waals surface area contributed by atoms with Crippen molar-refractivity contribution in [3.05, 3.63) is 35.9 Å². The van der Waals surface area contributed by atoms with Gasteiger partial charge in [0, 0.05) is 19.2 Å². The number of nitrogens with one attached hydrogen (secondary N) is 1. The average Bonchev–Trinajstić information content (AvgIpc) is 2.76. The Bertz CT molecular complexity index is 554. The van der Waals surface area contributed by atoms with Crippen molar-refractivity contribution in [1.82, 2.24) is 14.8 Å². The van der Waals surface area contributed by atoms with Gasteiger partial charge < -0.3 is 5.32 Å². The molecule has 0 unspecified atom stereocenters. The second-order valence-corrected chi connectivity index (χ2v) is 4.49. The van der Waals surface area contributed by atoms with Gasteiger partial charge in [-0.2, -0.15) is 18.3 Å². The molecule has 4 nitrogen and oxygen atoms in total. The molecule has 0 spiro atoms. The summed E-state index contributed by atoms with van der Waals surface area (Å²) in [5, 5.41) is 7.11. The Balaban J connectivity index is 1.95. The number of anilines is 1. The van der Waals surface area contributed by atoms with Crippen LogP contribution in [0.15, 0.2) is 30.7 Å². The summed E-state index contributed by atoms with van der Waals surface area (Å²) in [5.74, 6) is 0. The van der Waals surface area contributed by atoms with Crippen LogP contribution in [0.3, 0.4) is 0 Å². The van der Waals surface area contributed by atoms with Crippen LogP contribution in [0.1, 0.15) is 12.8 Å². The van der Waals surface area contributed by atoms with Gasteiger partial charge in [0.25, 0.3) is 0 Å². The van der Waals surface area contributed by atoms with E-state index in [1.165, 1.54) is 4.68 Å². The molecule has 8 heteroatoms. The van der Waals surface area contributed by atoms with Crippen LogP contribution >= 0.6 is 11.6 Å². The highest BCUT2D eigenvalue weighted by molar-refractivity contribution is 6.32. The average molecular weight is 305 g/mol. The zero-order valence-electron chi connectivity index (χ0n) is 10.4. The fourth-order valence-corrected chi connectivity index (χ4v) is 1.80. The van der Waals surface area contributed by atoms with E-state index in [1.807, 2.05) is 0 Å². The molecule has 2 aromatic rings. The van der Waals surface area contributed by atoms with Crippen LogP contribution in [-0.4, -0.2) is 27.5 Å². The number of nitrogens with zero attached hydrogens (tertiary/aromatic N) is 3. The van der Waals surface area contributed by atoms with Gasteiger partial charge in [-0.1, -0.05) is 11.6 Å². The second-order valence-electron chi connectivity index (χ2n) is 4.13. The minimum Gasteiger partial charge on any atom is -0.381 e. The predicted octanol–water partition coefficient (Wildman–Crippen LogP) is 3.68. The van der Waals surface area contributed by atoms with Crippen molar-refractivity contribution < 1.29 is 13.2 Å². The Labute approximate surface area is 118 Å². The normalized spacial score (nSPS) is 11.6.